The van der Waals surface area contributed by atoms with E-state index in [1.807, 2.05) is 0 Å². The summed E-state index contributed by atoms with van der Waals surface area (Å²) < 4.78 is 5.56. The average Bonchev–Trinajstić information content (AvgIpc) is 3.03. The van der Waals surface area contributed by atoms with Gasteiger partial charge in [-0.25, -0.2) is 4.79 Å². The summed E-state index contributed by atoms with van der Waals surface area (Å²) in [5, 5.41) is 5.60. The van der Waals surface area contributed by atoms with E-state index in [-0.39, 0.29) is 17.4 Å². The molecule has 0 bridgehead atoms. The van der Waals surface area contributed by atoms with Gasteiger partial charge in [-0.05, 0) is 73.2 Å². The minimum absolute atomic E-state index is 0.225. The van der Waals surface area contributed by atoms with Crippen molar-refractivity contribution >= 4 is 40.5 Å². The van der Waals surface area contributed by atoms with E-state index >= 15 is 0 Å². The van der Waals surface area contributed by atoms with E-state index in [4.69, 9.17) is 16.2 Å². The molecule has 2 amide bonds. The Hall–Kier alpha value is -4.33. The van der Waals surface area contributed by atoms with Gasteiger partial charge < -0.3 is 26.8 Å². The molecule has 0 saturated heterocycles. The second-order valence-corrected chi connectivity index (χ2v) is 11.7. The molecule has 0 spiro atoms. The number of rotatable bonds is 20. The molecule has 45 heavy (non-hydrogen) atoms. The maximum Gasteiger partial charge on any atom is 0.338 e. The highest BCUT2D eigenvalue weighted by Crippen LogP contribution is 2.22. The van der Waals surface area contributed by atoms with Crippen LogP contribution in [-0.4, -0.2) is 24.4 Å². The second kappa shape index (κ2) is 19.8. The smallest absolute Gasteiger partial charge is 0.338 e. The lowest BCUT2D eigenvalue weighted by molar-refractivity contribution is 0.0497. The number of hydrogen-bond acceptors (Lipinski definition) is 6. The Morgan fingerprint density at radius 2 is 0.911 bits per heavy atom. The van der Waals surface area contributed by atoms with Crippen LogP contribution >= 0.6 is 0 Å². The number of esters is 1. The highest BCUT2D eigenvalue weighted by atomic mass is 16.5. The number of nitrogen functional groups attached to an aromatic ring is 2. The van der Waals surface area contributed by atoms with Gasteiger partial charge >= 0.3 is 5.97 Å². The quantitative estimate of drug-likeness (QED) is 0.0569. The van der Waals surface area contributed by atoms with Crippen LogP contribution in [0.5, 0.6) is 0 Å². The molecule has 3 rings (SSSR count). The van der Waals surface area contributed by atoms with Crippen LogP contribution in [0, 0.1) is 0 Å². The summed E-state index contributed by atoms with van der Waals surface area (Å²) in [6, 6.07) is 17.7. The van der Waals surface area contributed by atoms with Crippen molar-refractivity contribution in [2.45, 2.75) is 96.8 Å². The Bertz CT molecular complexity index is 1260. The van der Waals surface area contributed by atoms with Crippen LogP contribution in [0.1, 0.15) is 128 Å². The Morgan fingerprint density at radius 1 is 0.533 bits per heavy atom. The summed E-state index contributed by atoms with van der Waals surface area (Å²) in [6.45, 7) is 2.57. The first-order chi connectivity index (χ1) is 21.9. The van der Waals surface area contributed by atoms with Crippen molar-refractivity contribution in [1.82, 2.24) is 0 Å². The molecule has 0 heterocycles. The van der Waals surface area contributed by atoms with Crippen LogP contribution < -0.4 is 22.1 Å². The number of amides is 2. The molecule has 0 unspecified atom stereocenters. The number of hydrogen-bond donors (Lipinski definition) is 4. The summed E-state index contributed by atoms with van der Waals surface area (Å²) in [4.78, 5) is 38.7. The minimum Gasteiger partial charge on any atom is -0.462 e. The molecular formula is C37H50N4O4. The normalized spacial score (nSPS) is 10.8. The lowest BCUT2D eigenvalue weighted by Crippen LogP contribution is -2.16. The lowest BCUT2D eigenvalue weighted by atomic mass is 10.0. The summed E-state index contributed by atoms with van der Waals surface area (Å²) in [7, 11) is 0. The van der Waals surface area contributed by atoms with E-state index in [1.54, 1.807) is 66.7 Å². The van der Waals surface area contributed by atoms with E-state index in [2.05, 4.69) is 17.6 Å². The third-order valence-electron chi connectivity index (χ3n) is 7.76. The number of carbonyl (C=O) groups is 3. The van der Waals surface area contributed by atoms with Gasteiger partial charge in [-0.2, -0.15) is 0 Å². The monoisotopic (exact) mass is 614 g/mol. The number of nitrogens with one attached hydrogen (secondary N) is 2. The average molecular weight is 615 g/mol. The number of anilines is 4. The highest BCUT2D eigenvalue weighted by Gasteiger charge is 2.15. The van der Waals surface area contributed by atoms with E-state index in [0.717, 1.165) is 19.3 Å². The largest absolute Gasteiger partial charge is 0.462 e. The van der Waals surface area contributed by atoms with Crippen LogP contribution in [0.3, 0.4) is 0 Å². The van der Waals surface area contributed by atoms with Crippen molar-refractivity contribution in [3.05, 3.63) is 83.4 Å². The predicted octanol–water partition coefficient (Wildman–Crippen LogP) is 8.99. The molecule has 0 radical (unpaired) electrons. The van der Waals surface area contributed by atoms with Gasteiger partial charge in [0.15, 0.2) is 0 Å². The molecule has 0 fully saturated rings. The van der Waals surface area contributed by atoms with E-state index in [1.165, 1.54) is 70.6 Å². The van der Waals surface area contributed by atoms with Crippen molar-refractivity contribution in [3.63, 3.8) is 0 Å². The Kier molecular flexibility index (Phi) is 15.5. The minimum atomic E-state index is -0.517. The Morgan fingerprint density at radius 3 is 1.31 bits per heavy atom. The molecule has 0 aromatic heterocycles. The third kappa shape index (κ3) is 13.5. The van der Waals surface area contributed by atoms with Crippen molar-refractivity contribution in [1.29, 1.82) is 0 Å². The van der Waals surface area contributed by atoms with Gasteiger partial charge in [-0.15, -0.1) is 0 Å². The molecule has 8 heteroatoms. The molecule has 6 N–H and O–H groups in total. The zero-order valence-corrected chi connectivity index (χ0v) is 26.7. The topological polar surface area (TPSA) is 137 Å². The second-order valence-electron chi connectivity index (χ2n) is 11.7. The van der Waals surface area contributed by atoms with E-state index in [9.17, 15) is 14.4 Å². The van der Waals surface area contributed by atoms with Gasteiger partial charge in [0, 0.05) is 33.9 Å². The van der Waals surface area contributed by atoms with Crippen molar-refractivity contribution in [2.24, 2.45) is 0 Å². The Balaban J connectivity index is 1.47. The highest BCUT2D eigenvalue weighted by molar-refractivity contribution is 6.07. The fourth-order valence-corrected chi connectivity index (χ4v) is 5.11. The van der Waals surface area contributed by atoms with Crippen molar-refractivity contribution in [2.75, 3.05) is 28.7 Å². The zero-order valence-electron chi connectivity index (χ0n) is 26.7. The first-order valence-electron chi connectivity index (χ1n) is 16.5. The van der Waals surface area contributed by atoms with Gasteiger partial charge in [-0.3, -0.25) is 9.59 Å². The number of ether oxygens (including phenoxy) is 1. The van der Waals surface area contributed by atoms with Gasteiger partial charge in [0.25, 0.3) is 11.8 Å². The number of carbonyl (C=O) groups excluding carboxylic acids is 3. The maximum atomic E-state index is 13.0. The van der Waals surface area contributed by atoms with Crippen LogP contribution in [0.25, 0.3) is 0 Å². The third-order valence-corrected chi connectivity index (χ3v) is 7.76. The molecule has 8 nitrogen and oxygen atoms in total. The zero-order chi connectivity index (χ0) is 32.3. The molecule has 3 aromatic carbocycles. The lowest BCUT2D eigenvalue weighted by Gasteiger charge is -2.13. The first kappa shape index (κ1) is 35.2. The van der Waals surface area contributed by atoms with Gasteiger partial charge in [0.05, 0.1) is 12.2 Å². The molecule has 0 aliphatic rings. The molecule has 242 valence electrons. The van der Waals surface area contributed by atoms with E-state index < -0.39 is 5.97 Å². The fourth-order valence-electron chi connectivity index (χ4n) is 5.11. The number of unbranched alkanes of at least 4 members (excludes halogenated alkanes) is 13. The first-order valence-corrected chi connectivity index (χ1v) is 16.5. The van der Waals surface area contributed by atoms with Crippen molar-refractivity contribution < 1.29 is 19.1 Å². The molecule has 0 saturated carbocycles. The SMILES string of the molecule is CCCCCCCCCCCCCCCCOC(=O)c1cc(NC(=O)c2ccc(N)cc2)cc(NC(=O)c2ccc(N)cc2)c1. The van der Waals surface area contributed by atoms with Gasteiger partial charge in [-0.1, -0.05) is 90.4 Å². The number of nitrogens with two attached hydrogens (primary N) is 2. The summed E-state index contributed by atoms with van der Waals surface area (Å²) in [5.41, 5.74) is 14.3. The van der Waals surface area contributed by atoms with Crippen LogP contribution in [0.4, 0.5) is 22.7 Å². The van der Waals surface area contributed by atoms with Crippen LogP contribution in [0.15, 0.2) is 66.7 Å². The molecule has 3 aromatic rings. The van der Waals surface area contributed by atoms with Crippen molar-refractivity contribution in [3.8, 4) is 0 Å². The van der Waals surface area contributed by atoms with Gasteiger partial charge in [0.1, 0.15) is 0 Å². The molecule has 0 aliphatic carbocycles. The fraction of sp³-hybridized carbons (Fsp3) is 0.432. The summed E-state index contributed by atoms with van der Waals surface area (Å²) >= 11 is 0. The van der Waals surface area contributed by atoms with Gasteiger partial charge in [0.2, 0.25) is 0 Å². The Labute approximate surface area is 268 Å². The number of benzene rings is 3. The van der Waals surface area contributed by atoms with Crippen LogP contribution in [0.2, 0.25) is 0 Å². The predicted molar refractivity (Wildman–Crippen MR) is 185 cm³/mol. The summed E-state index contributed by atoms with van der Waals surface area (Å²) in [5.74, 6) is -1.27. The summed E-state index contributed by atoms with van der Waals surface area (Å²) in [6.07, 6.45) is 17.5. The molecule has 0 atom stereocenters. The maximum absolute atomic E-state index is 13.0. The van der Waals surface area contributed by atoms with E-state index in [0.29, 0.717) is 40.5 Å². The van der Waals surface area contributed by atoms with Crippen LogP contribution in [-0.2, 0) is 4.74 Å². The molecule has 0 aliphatic heterocycles. The standard InChI is InChI=1S/C37H50N4O4/c1-2-3-4-5-6-7-8-9-10-11-12-13-14-15-24-45-37(44)30-25-33(40-35(42)28-16-20-31(38)21-17-28)27-34(26-30)41-36(43)29-18-22-32(39)23-19-29/h16-23,25-27H,2-15,24,38-39H2,1H3,(H,40,42)(H,41,43). The molecular weight excluding hydrogens is 564 g/mol.